The average molecular weight is 336 g/mol. The van der Waals surface area contributed by atoms with Gasteiger partial charge in [-0.3, -0.25) is 0 Å². The second-order valence-electron chi connectivity index (χ2n) is 4.79. The highest BCUT2D eigenvalue weighted by Crippen LogP contribution is 2.29. The van der Waals surface area contributed by atoms with E-state index in [1.54, 1.807) is 6.33 Å². The van der Waals surface area contributed by atoms with Gasteiger partial charge in [-0.15, -0.1) is 0 Å². The molecular formula is C15H11F3N4S. The highest BCUT2D eigenvalue weighted by molar-refractivity contribution is 7.80. The van der Waals surface area contributed by atoms with Crippen molar-refractivity contribution in [2.45, 2.75) is 6.18 Å². The van der Waals surface area contributed by atoms with E-state index in [4.69, 9.17) is 12.2 Å². The lowest BCUT2D eigenvalue weighted by atomic mass is 10.2. The molecule has 3 rings (SSSR count). The van der Waals surface area contributed by atoms with Gasteiger partial charge in [0.05, 0.1) is 22.9 Å². The minimum absolute atomic E-state index is 0.281. The SMILES string of the molecule is FC(F)(F)c1ccc(NC(=S)Nc2ccc3nc[nH]c3c2)cc1. The minimum atomic E-state index is -4.35. The van der Waals surface area contributed by atoms with Gasteiger partial charge >= 0.3 is 6.18 Å². The Bertz CT molecular complexity index is 840. The van der Waals surface area contributed by atoms with Crippen LogP contribution in [0.25, 0.3) is 11.0 Å². The highest BCUT2D eigenvalue weighted by atomic mass is 32.1. The molecule has 0 bridgehead atoms. The summed E-state index contributed by atoms with van der Waals surface area (Å²) >= 11 is 5.16. The predicted octanol–water partition coefficient (Wildman–Crippen LogP) is 4.39. The van der Waals surface area contributed by atoms with Crippen molar-refractivity contribution in [3.63, 3.8) is 0 Å². The molecule has 0 radical (unpaired) electrons. The van der Waals surface area contributed by atoms with E-state index in [0.717, 1.165) is 28.9 Å². The molecule has 0 saturated carbocycles. The molecule has 0 atom stereocenters. The molecule has 0 spiro atoms. The van der Waals surface area contributed by atoms with E-state index >= 15 is 0 Å². The zero-order valence-electron chi connectivity index (χ0n) is 11.6. The molecule has 3 N–H and O–H groups in total. The molecule has 8 heteroatoms. The maximum atomic E-state index is 12.5. The number of benzene rings is 2. The maximum Gasteiger partial charge on any atom is 0.416 e. The van der Waals surface area contributed by atoms with Crippen molar-refractivity contribution >= 4 is 39.7 Å². The molecule has 23 heavy (non-hydrogen) atoms. The Morgan fingerprint density at radius 2 is 1.65 bits per heavy atom. The summed E-state index contributed by atoms with van der Waals surface area (Å²) in [4.78, 5) is 7.09. The van der Waals surface area contributed by atoms with Crippen molar-refractivity contribution in [1.29, 1.82) is 0 Å². The molecule has 2 aromatic carbocycles. The Hall–Kier alpha value is -2.61. The van der Waals surface area contributed by atoms with Crippen LogP contribution in [0.5, 0.6) is 0 Å². The summed E-state index contributed by atoms with van der Waals surface area (Å²) < 4.78 is 37.5. The summed E-state index contributed by atoms with van der Waals surface area (Å²) in [6.07, 6.45) is -2.76. The summed E-state index contributed by atoms with van der Waals surface area (Å²) in [6, 6.07) is 10.1. The molecule has 0 unspecified atom stereocenters. The zero-order chi connectivity index (χ0) is 16.4. The fraction of sp³-hybridized carbons (Fsp3) is 0.0667. The summed E-state index contributed by atoms with van der Waals surface area (Å²) in [7, 11) is 0. The van der Waals surface area contributed by atoms with Gasteiger partial charge in [0.15, 0.2) is 5.11 Å². The van der Waals surface area contributed by atoms with E-state index in [0.29, 0.717) is 5.69 Å². The lowest BCUT2D eigenvalue weighted by Gasteiger charge is -2.12. The van der Waals surface area contributed by atoms with Gasteiger partial charge in [-0.1, -0.05) is 0 Å². The Labute approximate surface area is 134 Å². The first kappa shape index (κ1) is 15.3. The molecule has 0 saturated heterocycles. The van der Waals surface area contributed by atoms with Gasteiger partial charge in [0.25, 0.3) is 0 Å². The average Bonchev–Trinajstić information content (AvgIpc) is 2.94. The Balaban J connectivity index is 1.66. The fourth-order valence-corrected chi connectivity index (χ4v) is 2.29. The van der Waals surface area contributed by atoms with Gasteiger partial charge in [0, 0.05) is 11.4 Å². The Kier molecular flexibility index (Phi) is 3.91. The first-order valence-corrected chi connectivity index (χ1v) is 7.01. The molecule has 4 nitrogen and oxygen atoms in total. The number of hydrogen-bond acceptors (Lipinski definition) is 2. The van der Waals surface area contributed by atoms with E-state index in [-0.39, 0.29) is 5.11 Å². The highest BCUT2D eigenvalue weighted by Gasteiger charge is 2.29. The number of nitrogens with one attached hydrogen (secondary N) is 3. The first-order chi connectivity index (χ1) is 10.9. The Morgan fingerprint density at radius 1 is 1.00 bits per heavy atom. The third-order valence-corrected chi connectivity index (χ3v) is 3.35. The molecule has 0 aliphatic heterocycles. The molecular weight excluding hydrogens is 325 g/mol. The van der Waals surface area contributed by atoms with E-state index in [2.05, 4.69) is 20.6 Å². The molecule has 1 heterocycles. The molecule has 0 aliphatic rings. The van der Waals surface area contributed by atoms with Gasteiger partial charge in [0.1, 0.15) is 0 Å². The van der Waals surface area contributed by atoms with Crippen LogP contribution in [0, 0.1) is 0 Å². The number of halogens is 3. The van der Waals surface area contributed by atoms with Crippen molar-refractivity contribution in [2.75, 3.05) is 10.6 Å². The van der Waals surface area contributed by atoms with Gasteiger partial charge in [0.2, 0.25) is 0 Å². The number of aromatic amines is 1. The van der Waals surface area contributed by atoms with Gasteiger partial charge in [-0.2, -0.15) is 13.2 Å². The minimum Gasteiger partial charge on any atom is -0.345 e. The van der Waals surface area contributed by atoms with Gasteiger partial charge < -0.3 is 15.6 Å². The second kappa shape index (κ2) is 5.88. The van der Waals surface area contributed by atoms with Crippen LogP contribution < -0.4 is 10.6 Å². The fourth-order valence-electron chi connectivity index (χ4n) is 2.05. The third kappa shape index (κ3) is 3.59. The van der Waals surface area contributed by atoms with Crippen molar-refractivity contribution in [3.05, 3.63) is 54.4 Å². The van der Waals surface area contributed by atoms with Crippen LogP contribution in [-0.4, -0.2) is 15.1 Å². The largest absolute Gasteiger partial charge is 0.416 e. The van der Waals surface area contributed by atoms with E-state index in [1.807, 2.05) is 18.2 Å². The molecule has 1 aromatic heterocycles. The maximum absolute atomic E-state index is 12.5. The summed E-state index contributed by atoms with van der Waals surface area (Å²) in [5.41, 5.74) is 2.19. The van der Waals surface area contributed by atoms with Crippen molar-refractivity contribution in [1.82, 2.24) is 9.97 Å². The number of rotatable bonds is 2. The zero-order valence-corrected chi connectivity index (χ0v) is 12.4. The van der Waals surface area contributed by atoms with E-state index < -0.39 is 11.7 Å². The standard InChI is InChI=1S/C15H11F3N4S/c16-15(17,18)9-1-3-10(4-2-9)21-14(23)22-11-5-6-12-13(7-11)20-8-19-12/h1-8H,(H,19,20)(H2,21,22,23). The van der Waals surface area contributed by atoms with E-state index in [1.165, 1.54) is 12.1 Å². The quantitative estimate of drug-likeness (QED) is 0.608. The lowest BCUT2D eigenvalue weighted by Crippen LogP contribution is -2.19. The topological polar surface area (TPSA) is 52.7 Å². The van der Waals surface area contributed by atoms with Crippen LogP contribution in [0.4, 0.5) is 24.5 Å². The van der Waals surface area contributed by atoms with Crippen molar-refractivity contribution < 1.29 is 13.2 Å². The van der Waals surface area contributed by atoms with Crippen LogP contribution in [-0.2, 0) is 6.18 Å². The summed E-state index contributed by atoms with van der Waals surface area (Å²) in [6.45, 7) is 0. The van der Waals surface area contributed by atoms with Crippen LogP contribution in [0.15, 0.2) is 48.8 Å². The summed E-state index contributed by atoms with van der Waals surface area (Å²) in [5.74, 6) is 0. The van der Waals surface area contributed by atoms with Crippen molar-refractivity contribution in [2.24, 2.45) is 0 Å². The van der Waals surface area contributed by atoms with Crippen LogP contribution in [0.1, 0.15) is 5.56 Å². The van der Waals surface area contributed by atoms with E-state index in [9.17, 15) is 13.2 Å². The number of aromatic nitrogens is 2. The van der Waals surface area contributed by atoms with Crippen LogP contribution in [0.2, 0.25) is 0 Å². The van der Waals surface area contributed by atoms with Crippen LogP contribution in [0.3, 0.4) is 0 Å². The number of nitrogens with zero attached hydrogens (tertiary/aromatic N) is 1. The number of hydrogen-bond donors (Lipinski definition) is 3. The molecule has 0 aliphatic carbocycles. The van der Waals surface area contributed by atoms with Crippen LogP contribution >= 0.6 is 12.2 Å². The number of anilines is 2. The smallest absolute Gasteiger partial charge is 0.345 e. The number of alkyl halides is 3. The number of fused-ring (bicyclic) bond motifs is 1. The predicted molar refractivity (Wildman–Crippen MR) is 87.4 cm³/mol. The summed E-state index contributed by atoms with van der Waals surface area (Å²) in [5, 5.41) is 6.09. The number of H-pyrrole nitrogens is 1. The third-order valence-electron chi connectivity index (χ3n) is 3.15. The molecule has 3 aromatic rings. The van der Waals surface area contributed by atoms with Gasteiger partial charge in [-0.05, 0) is 54.7 Å². The number of imidazole rings is 1. The lowest BCUT2D eigenvalue weighted by molar-refractivity contribution is -0.137. The molecule has 0 amide bonds. The first-order valence-electron chi connectivity index (χ1n) is 6.60. The number of thiocarbonyl (C=S) groups is 1. The Morgan fingerprint density at radius 3 is 2.35 bits per heavy atom. The normalized spacial score (nSPS) is 11.4. The van der Waals surface area contributed by atoms with Crippen molar-refractivity contribution in [3.8, 4) is 0 Å². The second-order valence-corrected chi connectivity index (χ2v) is 5.20. The van der Waals surface area contributed by atoms with Gasteiger partial charge in [-0.25, -0.2) is 4.98 Å². The monoisotopic (exact) mass is 336 g/mol. The molecule has 118 valence electrons. The molecule has 0 fully saturated rings.